The van der Waals surface area contributed by atoms with Gasteiger partial charge in [0.15, 0.2) is 5.65 Å². The average Bonchev–Trinajstić information content (AvgIpc) is 3.30. The van der Waals surface area contributed by atoms with Gasteiger partial charge in [-0.3, -0.25) is 9.48 Å². The second-order valence-corrected chi connectivity index (χ2v) is 7.25. The van der Waals surface area contributed by atoms with Crippen molar-refractivity contribution in [3.05, 3.63) is 60.8 Å². The number of fused-ring (bicyclic) bond motifs is 1. The largest absolute Gasteiger partial charge is 0.349 e. The molecule has 7 heteroatoms. The van der Waals surface area contributed by atoms with Gasteiger partial charge in [0.1, 0.15) is 0 Å². The third kappa shape index (κ3) is 2.94. The number of aryl methyl sites for hydroxylation is 1. The van der Waals surface area contributed by atoms with Crippen molar-refractivity contribution in [3.63, 3.8) is 0 Å². The van der Waals surface area contributed by atoms with Crippen LogP contribution in [0.25, 0.3) is 27.9 Å². The molecule has 0 spiro atoms. The minimum absolute atomic E-state index is 0.0187. The zero-order valence-corrected chi connectivity index (χ0v) is 15.5. The molecule has 1 fully saturated rings. The molecule has 0 aliphatic heterocycles. The molecule has 1 aliphatic rings. The van der Waals surface area contributed by atoms with Crippen LogP contribution in [0.4, 0.5) is 0 Å². The number of nitrogens with one attached hydrogen (secondary N) is 1. The van der Waals surface area contributed by atoms with Crippen LogP contribution in [0.5, 0.6) is 0 Å². The van der Waals surface area contributed by atoms with Gasteiger partial charge < -0.3 is 5.32 Å². The second-order valence-electron chi connectivity index (χ2n) is 7.25. The molecule has 7 nitrogen and oxygen atoms in total. The first-order valence-electron chi connectivity index (χ1n) is 9.41. The van der Waals surface area contributed by atoms with E-state index in [1.165, 1.54) is 6.42 Å². The Morgan fingerprint density at radius 2 is 1.93 bits per heavy atom. The molecule has 5 rings (SSSR count). The highest BCUT2D eigenvalue weighted by molar-refractivity contribution is 5.96. The van der Waals surface area contributed by atoms with Crippen LogP contribution in [0, 0.1) is 0 Å². The summed E-state index contributed by atoms with van der Waals surface area (Å²) in [5, 5.41) is 11.8. The zero-order chi connectivity index (χ0) is 19.1. The number of carbonyl (C=O) groups excluding carboxylic acids is 1. The van der Waals surface area contributed by atoms with Gasteiger partial charge >= 0.3 is 0 Å². The molecular weight excluding hydrogens is 352 g/mol. The number of nitrogens with zero attached hydrogens (tertiary/aromatic N) is 5. The predicted molar refractivity (Wildman–Crippen MR) is 106 cm³/mol. The van der Waals surface area contributed by atoms with E-state index in [-0.39, 0.29) is 5.91 Å². The smallest absolute Gasteiger partial charge is 0.251 e. The summed E-state index contributed by atoms with van der Waals surface area (Å²) in [6, 6.07) is 7.95. The number of aromatic nitrogens is 5. The molecule has 0 atom stereocenters. The van der Waals surface area contributed by atoms with Crippen molar-refractivity contribution >= 4 is 11.6 Å². The lowest BCUT2D eigenvalue weighted by Gasteiger charge is -2.26. The molecule has 1 aromatic carbocycles. The molecule has 140 valence electrons. The molecule has 28 heavy (non-hydrogen) atoms. The summed E-state index contributed by atoms with van der Waals surface area (Å²) < 4.78 is 3.52. The minimum Gasteiger partial charge on any atom is -0.349 e. The molecular formula is C21H20N6O. The summed E-state index contributed by atoms with van der Waals surface area (Å²) in [5.41, 5.74) is 5.18. The second kappa shape index (κ2) is 6.60. The Hall–Kier alpha value is -3.48. The van der Waals surface area contributed by atoms with Gasteiger partial charge in [0.05, 0.1) is 12.4 Å². The lowest BCUT2D eigenvalue weighted by Crippen LogP contribution is -2.39. The first kappa shape index (κ1) is 16.7. The van der Waals surface area contributed by atoms with Crippen LogP contribution in [0.1, 0.15) is 29.6 Å². The summed E-state index contributed by atoms with van der Waals surface area (Å²) in [6.07, 6.45) is 12.6. The standard InChI is InChI=1S/C21H20N6O/c1-26-12-17(10-23-26)16-9-22-20-19(11-24-27(20)13-16)14-4-2-5-15(8-14)21(28)25-18-6-3-7-18/h2,4-5,8-13,18H,3,6-7H2,1H3,(H,25,28). The van der Waals surface area contributed by atoms with E-state index in [0.29, 0.717) is 11.6 Å². The van der Waals surface area contributed by atoms with Crippen molar-refractivity contribution in [2.24, 2.45) is 7.05 Å². The lowest BCUT2D eigenvalue weighted by molar-refractivity contribution is 0.0917. The number of benzene rings is 1. The average molecular weight is 372 g/mol. The van der Waals surface area contributed by atoms with E-state index in [1.807, 2.05) is 49.9 Å². The third-order valence-corrected chi connectivity index (χ3v) is 5.27. The summed E-state index contributed by atoms with van der Waals surface area (Å²) in [7, 11) is 1.88. The SMILES string of the molecule is Cn1cc(-c2cnc3c(-c4cccc(C(=O)NC5CCC5)c4)cnn3c2)cn1. The zero-order valence-electron chi connectivity index (χ0n) is 15.5. The van der Waals surface area contributed by atoms with E-state index >= 15 is 0 Å². The number of carbonyl (C=O) groups is 1. The fourth-order valence-electron chi connectivity index (χ4n) is 3.45. The molecule has 0 saturated heterocycles. The first-order chi connectivity index (χ1) is 13.7. The van der Waals surface area contributed by atoms with Crippen molar-refractivity contribution in [2.45, 2.75) is 25.3 Å². The van der Waals surface area contributed by atoms with Crippen molar-refractivity contribution in [1.29, 1.82) is 0 Å². The molecule has 3 aromatic heterocycles. The number of rotatable bonds is 4. The summed E-state index contributed by atoms with van der Waals surface area (Å²) >= 11 is 0. The Morgan fingerprint density at radius 1 is 1.07 bits per heavy atom. The predicted octanol–water partition coefficient (Wildman–Crippen LogP) is 3.08. The molecule has 1 N–H and O–H groups in total. The monoisotopic (exact) mass is 372 g/mol. The summed E-state index contributed by atoms with van der Waals surface area (Å²) in [6.45, 7) is 0. The van der Waals surface area contributed by atoms with Crippen LogP contribution >= 0.6 is 0 Å². The van der Waals surface area contributed by atoms with Crippen LogP contribution < -0.4 is 5.32 Å². The normalized spacial score (nSPS) is 14.2. The third-order valence-electron chi connectivity index (χ3n) is 5.27. The van der Waals surface area contributed by atoms with Gasteiger partial charge in [-0.1, -0.05) is 12.1 Å². The Balaban J connectivity index is 1.47. The number of hydrogen-bond donors (Lipinski definition) is 1. The van der Waals surface area contributed by atoms with Gasteiger partial charge in [0, 0.05) is 53.9 Å². The van der Waals surface area contributed by atoms with Crippen LogP contribution in [0.2, 0.25) is 0 Å². The molecule has 0 unspecified atom stereocenters. The van der Waals surface area contributed by atoms with Crippen molar-refractivity contribution in [1.82, 2.24) is 29.7 Å². The van der Waals surface area contributed by atoms with Crippen molar-refractivity contribution in [3.8, 4) is 22.3 Å². The van der Waals surface area contributed by atoms with Crippen LogP contribution in [0.15, 0.2) is 55.2 Å². The highest BCUT2D eigenvalue weighted by Gasteiger charge is 2.20. The minimum atomic E-state index is -0.0187. The van der Waals surface area contributed by atoms with E-state index < -0.39 is 0 Å². The summed E-state index contributed by atoms with van der Waals surface area (Å²) in [5.74, 6) is -0.0187. The maximum absolute atomic E-state index is 12.5. The fraction of sp³-hybridized carbons (Fsp3) is 0.238. The van der Waals surface area contributed by atoms with Crippen molar-refractivity contribution in [2.75, 3.05) is 0 Å². The maximum atomic E-state index is 12.5. The Morgan fingerprint density at radius 3 is 2.68 bits per heavy atom. The van der Waals surface area contributed by atoms with E-state index in [4.69, 9.17) is 0 Å². The lowest BCUT2D eigenvalue weighted by atomic mass is 9.93. The fourth-order valence-corrected chi connectivity index (χ4v) is 3.45. The van der Waals surface area contributed by atoms with E-state index in [2.05, 4.69) is 20.5 Å². The summed E-state index contributed by atoms with van der Waals surface area (Å²) in [4.78, 5) is 17.1. The molecule has 1 aliphatic carbocycles. The maximum Gasteiger partial charge on any atom is 0.251 e. The molecule has 4 aromatic rings. The van der Waals surface area contributed by atoms with Crippen molar-refractivity contribution < 1.29 is 4.79 Å². The van der Waals surface area contributed by atoms with Gasteiger partial charge in [-0.15, -0.1) is 0 Å². The van der Waals surface area contributed by atoms with Gasteiger partial charge in [0.25, 0.3) is 5.91 Å². The van der Waals surface area contributed by atoms with Gasteiger partial charge in [0.2, 0.25) is 0 Å². The Labute approximate surface area is 162 Å². The van der Waals surface area contributed by atoms with E-state index in [1.54, 1.807) is 21.6 Å². The topological polar surface area (TPSA) is 77.1 Å². The first-order valence-corrected chi connectivity index (χ1v) is 9.41. The molecule has 3 heterocycles. The molecule has 0 radical (unpaired) electrons. The van der Waals surface area contributed by atoms with E-state index in [0.717, 1.165) is 40.7 Å². The Kier molecular flexibility index (Phi) is 3.93. The molecule has 1 amide bonds. The van der Waals surface area contributed by atoms with Gasteiger partial charge in [-0.25, -0.2) is 9.50 Å². The molecule has 0 bridgehead atoms. The number of hydrogen-bond acceptors (Lipinski definition) is 4. The van der Waals surface area contributed by atoms with Crippen LogP contribution in [-0.2, 0) is 7.05 Å². The van der Waals surface area contributed by atoms with Gasteiger partial charge in [-0.05, 0) is 37.0 Å². The highest BCUT2D eigenvalue weighted by atomic mass is 16.1. The van der Waals surface area contributed by atoms with Crippen LogP contribution in [-0.4, -0.2) is 36.3 Å². The number of amides is 1. The van der Waals surface area contributed by atoms with E-state index in [9.17, 15) is 4.79 Å². The Bertz CT molecular complexity index is 1170. The molecule has 1 saturated carbocycles. The quantitative estimate of drug-likeness (QED) is 0.597. The van der Waals surface area contributed by atoms with Crippen LogP contribution in [0.3, 0.4) is 0 Å². The van der Waals surface area contributed by atoms with Gasteiger partial charge in [-0.2, -0.15) is 10.2 Å². The highest BCUT2D eigenvalue weighted by Crippen LogP contribution is 2.26.